The first kappa shape index (κ1) is 18.1. The third-order valence-corrected chi connectivity index (χ3v) is 4.53. The average molecular weight is 374 g/mol. The SMILES string of the molecule is CN(Cc1c(F)cccc1Cl)C(=O)CCn1cnc2ccccc2c1=O. The predicted octanol–water partition coefficient (Wildman–Crippen LogP) is 3.24. The molecule has 0 aliphatic rings. The Morgan fingerprint density at radius 1 is 1.23 bits per heavy atom. The van der Waals surface area contributed by atoms with Gasteiger partial charge in [0.15, 0.2) is 0 Å². The van der Waals surface area contributed by atoms with Gasteiger partial charge in [0.05, 0.1) is 17.2 Å². The van der Waals surface area contributed by atoms with Gasteiger partial charge in [-0.15, -0.1) is 0 Å². The number of hydrogen-bond donors (Lipinski definition) is 0. The normalized spacial score (nSPS) is 10.9. The Morgan fingerprint density at radius 3 is 2.77 bits per heavy atom. The lowest BCUT2D eigenvalue weighted by atomic mass is 10.2. The number of benzene rings is 2. The first-order valence-electron chi connectivity index (χ1n) is 8.08. The van der Waals surface area contributed by atoms with Gasteiger partial charge in [-0.3, -0.25) is 14.2 Å². The van der Waals surface area contributed by atoms with Crippen LogP contribution in [0.3, 0.4) is 0 Å². The molecule has 7 heteroatoms. The number of carbonyl (C=O) groups is 1. The summed E-state index contributed by atoms with van der Waals surface area (Å²) in [5.74, 6) is -0.670. The Balaban J connectivity index is 1.69. The molecule has 134 valence electrons. The third kappa shape index (κ3) is 3.75. The smallest absolute Gasteiger partial charge is 0.261 e. The summed E-state index contributed by atoms with van der Waals surface area (Å²) >= 11 is 6.00. The highest BCUT2D eigenvalue weighted by Crippen LogP contribution is 2.20. The summed E-state index contributed by atoms with van der Waals surface area (Å²) in [5.41, 5.74) is 0.698. The molecular formula is C19H17ClFN3O2. The summed E-state index contributed by atoms with van der Waals surface area (Å²) in [4.78, 5) is 30.4. The molecule has 0 spiro atoms. The van der Waals surface area contributed by atoms with Crippen molar-refractivity contribution >= 4 is 28.4 Å². The first-order valence-corrected chi connectivity index (χ1v) is 8.46. The number of amides is 1. The summed E-state index contributed by atoms with van der Waals surface area (Å²) < 4.78 is 15.3. The molecule has 0 radical (unpaired) electrons. The molecule has 5 nitrogen and oxygen atoms in total. The zero-order valence-electron chi connectivity index (χ0n) is 14.2. The van der Waals surface area contributed by atoms with Gasteiger partial charge in [0, 0.05) is 37.1 Å². The van der Waals surface area contributed by atoms with E-state index < -0.39 is 5.82 Å². The fourth-order valence-corrected chi connectivity index (χ4v) is 2.90. The molecule has 1 aromatic heterocycles. The van der Waals surface area contributed by atoms with Crippen LogP contribution in [-0.2, 0) is 17.9 Å². The second-order valence-corrected chi connectivity index (χ2v) is 6.37. The predicted molar refractivity (Wildman–Crippen MR) is 98.5 cm³/mol. The van der Waals surface area contributed by atoms with Crippen molar-refractivity contribution in [1.82, 2.24) is 14.5 Å². The minimum Gasteiger partial charge on any atom is -0.341 e. The van der Waals surface area contributed by atoms with Crippen LogP contribution in [0.1, 0.15) is 12.0 Å². The van der Waals surface area contributed by atoms with Gasteiger partial charge in [0.2, 0.25) is 5.91 Å². The molecule has 0 fully saturated rings. The summed E-state index contributed by atoms with van der Waals surface area (Å²) in [6.45, 7) is 0.264. The van der Waals surface area contributed by atoms with Crippen LogP contribution in [0, 0.1) is 5.82 Å². The second kappa shape index (κ2) is 7.66. The van der Waals surface area contributed by atoms with E-state index in [1.54, 1.807) is 31.3 Å². The summed E-state index contributed by atoms with van der Waals surface area (Å²) in [6.07, 6.45) is 1.54. The number of halogens is 2. The molecule has 0 atom stereocenters. The van der Waals surface area contributed by atoms with Crippen molar-refractivity contribution in [3.8, 4) is 0 Å². The molecule has 3 aromatic rings. The minimum absolute atomic E-state index is 0.0647. The Hall–Kier alpha value is -2.73. The van der Waals surface area contributed by atoms with Crippen molar-refractivity contribution in [3.63, 3.8) is 0 Å². The van der Waals surface area contributed by atoms with E-state index in [9.17, 15) is 14.0 Å². The van der Waals surface area contributed by atoms with Crippen LogP contribution in [0.2, 0.25) is 5.02 Å². The summed E-state index contributed by atoms with van der Waals surface area (Å²) in [7, 11) is 1.58. The van der Waals surface area contributed by atoms with E-state index in [-0.39, 0.29) is 41.6 Å². The molecule has 0 aliphatic heterocycles. The first-order chi connectivity index (χ1) is 12.5. The molecule has 0 bridgehead atoms. The molecule has 0 unspecified atom stereocenters. The molecular weight excluding hydrogens is 357 g/mol. The van der Waals surface area contributed by atoms with E-state index in [4.69, 9.17) is 11.6 Å². The molecule has 0 saturated carbocycles. The maximum absolute atomic E-state index is 13.9. The van der Waals surface area contributed by atoms with E-state index in [0.717, 1.165) is 0 Å². The Morgan fingerprint density at radius 2 is 2.00 bits per heavy atom. The third-order valence-electron chi connectivity index (χ3n) is 4.18. The van der Waals surface area contributed by atoms with Gasteiger partial charge in [-0.05, 0) is 24.3 Å². The monoisotopic (exact) mass is 373 g/mol. The molecule has 0 saturated heterocycles. The molecule has 3 rings (SSSR count). The highest BCUT2D eigenvalue weighted by Gasteiger charge is 2.15. The highest BCUT2D eigenvalue weighted by molar-refractivity contribution is 6.31. The van der Waals surface area contributed by atoms with Crippen LogP contribution in [0.25, 0.3) is 10.9 Å². The Labute approximate surface area is 154 Å². The number of aromatic nitrogens is 2. The standard InChI is InChI=1S/C19H17ClFN3O2/c1-23(11-14-15(20)6-4-7-16(14)21)18(25)9-10-24-12-22-17-8-3-2-5-13(17)19(24)26/h2-8,12H,9-11H2,1H3. The zero-order chi connectivity index (χ0) is 18.7. The van der Waals surface area contributed by atoms with Crippen molar-refractivity contribution in [2.24, 2.45) is 0 Å². The van der Waals surface area contributed by atoms with Crippen molar-refractivity contribution in [1.29, 1.82) is 0 Å². The molecule has 1 amide bonds. The Kier molecular flexibility index (Phi) is 5.32. The van der Waals surface area contributed by atoms with Crippen LogP contribution >= 0.6 is 11.6 Å². The van der Waals surface area contributed by atoms with Crippen LogP contribution in [0.15, 0.2) is 53.6 Å². The second-order valence-electron chi connectivity index (χ2n) is 5.96. The average Bonchev–Trinajstić information content (AvgIpc) is 2.64. The lowest BCUT2D eigenvalue weighted by molar-refractivity contribution is -0.130. The van der Waals surface area contributed by atoms with E-state index in [1.165, 1.54) is 27.9 Å². The van der Waals surface area contributed by atoms with Gasteiger partial charge >= 0.3 is 0 Å². The number of fused-ring (bicyclic) bond motifs is 1. The molecule has 26 heavy (non-hydrogen) atoms. The van der Waals surface area contributed by atoms with Crippen molar-refractivity contribution in [3.05, 3.63) is 75.5 Å². The van der Waals surface area contributed by atoms with Crippen LogP contribution in [0.5, 0.6) is 0 Å². The summed E-state index contributed by atoms with van der Waals surface area (Å²) in [5, 5.41) is 0.786. The minimum atomic E-state index is -0.452. The number of rotatable bonds is 5. The summed E-state index contributed by atoms with van der Waals surface area (Å²) in [6, 6.07) is 11.5. The molecule has 1 heterocycles. The van der Waals surface area contributed by atoms with Gasteiger partial charge in [-0.2, -0.15) is 0 Å². The number of hydrogen-bond acceptors (Lipinski definition) is 3. The quantitative estimate of drug-likeness (QED) is 0.690. The van der Waals surface area contributed by atoms with Gasteiger partial charge in [0.1, 0.15) is 5.82 Å². The van der Waals surface area contributed by atoms with Crippen LogP contribution < -0.4 is 5.56 Å². The van der Waals surface area contributed by atoms with Gasteiger partial charge < -0.3 is 4.90 Å². The number of nitrogens with zero attached hydrogens (tertiary/aromatic N) is 3. The number of carbonyl (C=O) groups excluding carboxylic acids is 1. The molecule has 0 aliphatic carbocycles. The number of aryl methyl sites for hydroxylation is 1. The lowest BCUT2D eigenvalue weighted by Crippen LogP contribution is -2.29. The fourth-order valence-electron chi connectivity index (χ4n) is 2.68. The Bertz CT molecular complexity index is 999. The van der Waals surface area contributed by atoms with Crippen LogP contribution in [-0.4, -0.2) is 27.4 Å². The molecule has 2 aromatic carbocycles. The van der Waals surface area contributed by atoms with E-state index in [2.05, 4.69) is 4.98 Å². The van der Waals surface area contributed by atoms with Gasteiger partial charge in [0.25, 0.3) is 5.56 Å². The van der Waals surface area contributed by atoms with Crippen molar-refractivity contribution in [2.75, 3.05) is 7.05 Å². The van der Waals surface area contributed by atoms with Crippen LogP contribution in [0.4, 0.5) is 4.39 Å². The maximum Gasteiger partial charge on any atom is 0.261 e. The zero-order valence-corrected chi connectivity index (χ0v) is 14.9. The van der Waals surface area contributed by atoms with Gasteiger partial charge in [-0.1, -0.05) is 29.8 Å². The maximum atomic E-state index is 13.9. The highest BCUT2D eigenvalue weighted by atomic mass is 35.5. The van der Waals surface area contributed by atoms with E-state index in [0.29, 0.717) is 10.9 Å². The van der Waals surface area contributed by atoms with Crippen molar-refractivity contribution in [2.45, 2.75) is 19.5 Å². The molecule has 0 N–H and O–H groups in total. The van der Waals surface area contributed by atoms with E-state index in [1.807, 2.05) is 6.07 Å². The van der Waals surface area contributed by atoms with Crippen molar-refractivity contribution < 1.29 is 9.18 Å². The topological polar surface area (TPSA) is 55.2 Å². The fraction of sp³-hybridized carbons (Fsp3) is 0.211. The number of para-hydroxylation sites is 1. The van der Waals surface area contributed by atoms with Gasteiger partial charge in [-0.25, -0.2) is 9.37 Å². The lowest BCUT2D eigenvalue weighted by Gasteiger charge is -2.18. The largest absolute Gasteiger partial charge is 0.341 e. The van der Waals surface area contributed by atoms with E-state index >= 15 is 0 Å².